The third kappa shape index (κ3) is 4.76. The van der Waals surface area contributed by atoms with Crippen LogP contribution >= 0.6 is 58.9 Å². The van der Waals surface area contributed by atoms with Gasteiger partial charge in [-0.3, -0.25) is 0 Å². The molecule has 2 aromatic heterocycles. The summed E-state index contributed by atoms with van der Waals surface area (Å²) in [5.41, 5.74) is 0. The Labute approximate surface area is 147 Å². The van der Waals surface area contributed by atoms with E-state index in [-0.39, 0.29) is 10.3 Å². The van der Waals surface area contributed by atoms with Crippen LogP contribution in [-0.4, -0.2) is 13.4 Å². The van der Waals surface area contributed by atoms with Crippen molar-refractivity contribution < 1.29 is 9.46 Å². The first-order valence-electron chi connectivity index (χ1n) is 5.32. The van der Waals surface area contributed by atoms with Crippen molar-refractivity contribution in [3.8, 4) is 0 Å². The summed E-state index contributed by atoms with van der Waals surface area (Å²) < 4.78 is 1.10. The van der Waals surface area contributed by atoms with Crippen LogP contribution in [0, 0.1) is 10.4 Å². The van der Waals surface area contributed by atoms with Gasteiger partial charge in [0.15, 0.2) is 0 Å². The molecule has 2 heterocycles. The Balaban J connectivity index is 2.22. The first kappa shape index (κ1) is 17.9. The summed E-state index contributed by atoms with van der Waals surface area (Å²) in [6.45, 7) is 0. The van der Waals surface area contributed by atoms with Crippen LogP contribution in [-0.2, 0) is 0 Å². The van der Waals surface area contributed by atoms with Crippen LogP contribution in [0.3, 0.4) is 0 Å². The van der Waals surface area contributed by atoms with E-state index in [1.807, 2.05) is 0 Å². The number of hydrogen-bond donors (Lipinski definition) is 0. The van der Waals surface area contributed by atoms with Gasteiger partial charge in [0.2, 0.25) is 0 Å². The summed E-state index contributed by atoms with van der Waals surface area (Å²) in [5.74, 6) is 0. The average molecular weight is 511 g/mol. The van der Waals surface area contributed by atoms with E-state index >= 15 is 0 Å². The van der Waals surface area contributed by atoms with Crippen LogP contribution in [0.15, 0.2) is 46.5 Å². The normalized spacial score (nSPS) is 11.6. The van der Waals surface area contributed by atoms with Crippen molar-refractivity contribution in [3.05, 3.63) is 57.1 Å². The van der Waals surface area contributed by atoms with Crippen LogP contribution in [0.2, 0.25) is 10.3 Å². The summed E-state index contributed by atoms with van der Waals surface area (Å²) in [4.78, 5) is 0. The summed E-state index contributed by atoms with van der Waals surface area (Å²) in [6.07, 6.45) is 0. The second-order valence-electron chi connectivity index (χ2n) is 3.63. The molecule has 0 aromatic carbocycles. The second-order valence-corrected chi connectivity index (χ2v) is 36.7. The van der Waals surface area contributed by atoms with Crippen molar-refractivity contribution in [2.24, 2.45) is 0 Å². The van der Waals surface area contributed by atoms with Crippen molar-refractivity contribution in [2.75, 3.05) is 0 Å². The molecule has 4 nitrogen and oxygen atoms in total. The molecule has 0 radical (unpaired) electrons. The molecule has 0 saturated heterocycles. The molecule has 0 amide bonds. The molecule has 0 N–H and O–H groups in total. The second kappa shape index (κ2) is 7.42. The van der Waals surface area contributed by atoms with Crippen molar-refractivity contribution in [1.29, 1.82) is 0 Å². The van der Waals surface area contributed by atoms with E-state index in [9.17, 15) is 10.4 Å². The van der Waals surface area contributed by atoms with Gasteiger partial charge in [0, 0.05) is 0 Å². The van der Waals surface area contributed by atoms with Gasteiger partial charge in [-0.25, -0.2) is 0 Å². The predicted octanol–water partition coefficient (Wildman–Crippen LogP) is 4.06. The fraction of sp³-hybridized carbons (Fsp3) is 0. The zero-order valence-corrected chi connectivity index (χ0v) is 17.5. The van der Waals surface area contributed by atoms with Gasteiger partial charge in [-0.05, 0) is 0 Å². The molecule has 0 aliphatic carbocycles. The molecule has 0 fully saturated rings. The van der Waals surface area contributed by atoms with Crippen LogP contribution in [0.25, 0.3) is 0 Å². The Morgan fingerprint density at radius 3 is 1.57 bits per heavy atom. The molecule has 0 bridgehead atoms. The zero-order valence-electron chi connectivity index (χ0n) is 10.0. The van der Waals surface area contributed by atoms with Crippen molar-refractivity contribution >= 4 is 72.3 Å². The zero-order chi connectivity index (χ0) is 15.6. The summed E-state index contributed by atoms with van der Waals surface area (Å²) >= 11 is 7.61. The van der Waals surface area contributed by atoms with Gasteiger partial charge in [0.05, 0.1) is 0 Å². The summed E-state index contributed by atoms with van der Waals surface area (Å²) in [6, 6.07) is 9.34. The van der Waals surface area contributed by atoms with Crippen LogP contribution < -0.4 is 9.46 Å². The topological polar surface area (TPSA) is 53.9 Å². The molecule has 112 valence electrons. The predicted molar refractivity (Wildman–Crippen MR) is 90.0 cm³/mol. The molecule has 0 aliphatic rings. The molecular weight excluding hydrogens is 505 g/mol. The van der Waals surface area contributed by atoms with Gasteiger partial charge in [-0.1, -0.05) is 0 Å². The van der Waals surface area contributed by atoms with Crippen molar-refractivity contribution in [1.82, 2.24) is 0 Å². The van der Waals surface area contributed by atoms with Gasteiger partial charge in [0.1, 0.15) is 0 Å². The van der Waals surface area contributed by atoms with E-state index in [0.717, 1.165) is 17.9 Å². The van der Waals surface area contributed by atoms with E-state index < -0.39 is 13.4 Å². The summed E-state index contributed by atoms with van der Waals surface area (Å²) in [7, 11) is 14.9. The molecule has 2 rings (SSSR count). The van der Waals surface area contributed by atoms with E-state index in [1.165, 1.54) is 12.1 Å². The van der Waals surface area contributed by atoms with Crippen molar-refractivity contribution in [3.63, 3.8) is 0 Å². The Hall–Kier alpha value is 0.559. The first-order chi connectivity index (χ1) is 9.80. The van der Waals surface area contributed by atoms with Gasteiger partial charge < -0.3 is 0 Å². The molecule has 0 unspecified atom stereocenters. The summed E-state index contributed by atoms with van der Waals surface area (Å²) in [5, 5.41) is 24.3. The SMILES string of the molecule is [O-][n+]1c(Cl)cccc1[S][Sn]([Cl])([Cl])[S]c1cccc(Cl)[n+]1[O-]. The molecule has 21 heavy (non-hydrogen) atoms. The van der Waals surface area contributed by atoms with Crippen LogP contribution in [0.5, 0.6) is 0 Å². The molecule has 0 spiro atoms. The molecule has 0 saturated carbocycles. The Bertz CT molecular complexity index is 622. The van der Waals surface area contributed by atoms with Gasteiger partial charge in [0.25, 0.3) is 0 Å². The molecule has 0 atom stereocenters. The first-order valence-corrected chi connectivity index (χ1v) is 21.9. The number of rotatable bonds is 4. The number of pyridine rings is 2. The quantitative estimate of drug-likeness (QED) is 0.269. The number of aromatic nitrogens is 2. The molecule has 2 aromatic rings. The fourth-order valence-corrected chi connectivity index (χ4v) is 20.7. The van der Waals surface area contributed by atoms with E-state index in [1.54, 1.807) is 24.3 Å². The van der Waals surface area contributed by atoms with E-state index in [2.05, 4.69) is 0 Å². The van der Waals surface area contributed by atoms with Crippen LogP contribution in [0.1, 0.15) is 0 Å². The third-order valence-electron chi connectivity index (χ3n) is 2.18. The Kier molecular flexibility index (Phi) is 6.33. The minimum atomic E-state index is -3.88. The maximum atomic E-state index is 11.8. The molecule has 11 heteroatoms. The number of hydrogen-bond acceptors (Lipinski definition) is 4. The fourth-order valence-electron chi connectivity index (χ4n) is 1.32. The average Bonchev–Trinajstić information content (AvgIpc) is 2.40. The van der Waals surface area contributed by atoms with E-state index in [0.29, 0.717) is 19.5 Å². The van der Waals surface area contributed by atoms with Gasteiger partial charge in [-0.2, -0.15) is 0 Å². The third-order valence-corrected chi connectivity index (χ3v) is 21.5. The number of halogens is 4. The number of nitrogens with zero attached hydrogens (tertiary/aromatic N) is 2. The Morgan fingerprint density at radius 1 is 0.810 bits per heavy atom. The molecule has 0 aliphatic heterocycles. The van der Waals surface area contributed by atoms with Crippen molar-refractivity contribution in [2.45, 2.75) is 10.1 Å². The molecular formula is C10H6Cl4N2O2S2Sn. The minimum absolute atomic E-state index is 0.0297. The standard InChI is InChI=1S/2C5H4ClNOS.2ClH.Sn/c2*6-4-2-1-3-5(9)7(4)8;;;/h2*1-3,9H;2*1H;/q;;;;+4/p-4. The van der Waals surface area contributed by atoms with Gasteiger partial charge in [-0.15, -0.1) is 0 Å². The van der Waals surface area contributed by atoms with Crippen LogP contribution in [0.4, 0.5) is 0 Å². The van der Waals surface area contributed by atoms with Gasteiger partial charge >= 0.3 is 149 Å². The maximum absolute atomic E-state index is 11.8. The van der Waals surface area contributed by atoms with E-state index in [4.69, 9.17) is 41.0 Å². The Morgan fingerprint density at radius 2 is 1.19 bits per heavy atom. The monoisotopic (exact) mass is 510 g/mol.